The van der Waals surface area contributed by atoms with Gasteiger partial charge in [-0.15, -0.1) is 0 Å². The third-order valence-corrected chi connectivity index (χ3v) is 5.69. The maximum atomic E-state index is 13.6. The van der Waals surface area contributed by atoms with E-state index < -0.39 is 29.9 Å². The van der Waals surface area contributed by atoms with Gasteiger partial charge in [-0.25, -0.2) is 4.98 Å². The molecule has 2 N–H and O–H groups in total. The molecule has 1 aliphatic heterocycles. The molecule has 1 aromatic heterocycles. The largest absolute Gasteiger partial charge is 0.425 e. The van der Waals surface area contributed by atoms with E-state index in [-0.39, 0.29) is 12.6 Å². The molecule has 1 fully saturated rings. The number of ether oxygens (including phenoxy) is 1. The van der Waals surface area contributed by atoms with Gasteiger partial charge in [0.25, 0.3) is 0 Å². The molecule has 2 unspecified atom stereocenters. The van der Waals surface area contributed by atoms with Crippen molar-refractivity contribution in [3.63, 3.8) is 0 Å². The fraction of sp³-hybridized carbons (Fsp3) is 0.789. The Balaban J connectivity index is 2.11. The third-order valence-electron chi connectivity index (χ3n) is 5.69. The van der Waals surface area contributed by atoms with E-state index in [1.54, 1.807) is 0 Å². The lowest BCUT2D eigenvalue weighted by Crippen LogP contribution is -2.53. The normalized spacial score (nSPS) is 19.2. The zero-order valence-corrected chi connectivity index (χ0v) is 17.2. The molecule has 1 amide bonds. The number of alkyl halides is 3. The molecule has 2 rings (SSSR count). The smallest absolute Gasteiger partial charge is 0.379 e. The summed E-state index contributed by atoms with van der Waals surface area (Å²) >= 11 is 0. The number of nitrogens with one attached hydrogen (secondary N) is 1. The lowest BCUT2D eigenvalue weighted by molar-refractivity contribution is -0.271. The molecule has 0 radical (unpaired) electrons. The second-order valence-corrected chi connectivity index (χ2v) is 7.49. The number of hydrogen-bond acceptors (Lipinski definition) is 5. The minimum Gasteiger partial charge on any atom is -0.379 e. The van der Waals surface area contributed by atoms with Gasteiger partial charge < -0.3 is 19.7 Å². The van der Waals surface area contributed by atoms with Gasteiger partial charge in [0.1, 0.15) is 0 Å². The molecule has 1 aliphatic rings. The van der Waals surface area contributed by atoms with Crippen molar-refractivity contribution in [1.82, 2.24) is 19.8 Å². The number of aryl methyl sites for hydroxylation is 1. The predicted octanol–water partition coefficient (Wildman–Crippen LogP) is 1.81. The first-order valence-corrected chi connectivity index (χ1v) is 9.99. The van der Waals surface area contributed by atoms with E-state index >= 15 is 0 Å². The van der Waals surface area contributed by atoms with E-state index in [1.165, 1.54) is 13.2 Å². The average Bonchev–Trinajstić information content (AvgIpc) is 3.11. The van der Waals surface area contributed by atoms with E-state index in [0.717, 1.165) is 36.7 Å². The van der Waals surface area contributed by atoms with E-state index in [0.29, 0.717) is 19.1 Å². The summed E-state index contributed by atoms with van der Waals surface area (Å²) in [6.45, 7) is 6.97. The van der Waals surface area contributed by atoms with Crippen LogP contribution in [0.25, 0.3) is 0 Å². The van der Waals surface area contributed by atoms with Gasteiger partial charge >= 0.3 is 6.18 Å². The molecule has 1 aromatic rings. The van der Waals surface area contributed by atoms with E-state index in [2.05, 4.69) is 29.0 Å². The van der Waals surface area contributed by atoms with Crippen molar-refractivity contribution in [1.29, 1.82) is 0 Å². The van der Waals surface area contributed by atoms with Crippen LogP contribution in [0.1, 0.15) is 38.9 Å². The lowest BCUT2D eigenvalue weighted by Gasteiger charge is -2.39. The summed E-state index contributed by atoms with van der Waals surface area (Å²) < 4.78 is 47.3. The number of hydrogen-bond donors (Lipinski definition) is 2. The highest BCUT2D eigenvalue weighted by molar-refractivity contribution is 5.77. The summed E-state index contributed by atoms with van der Waals surface area (Å²) in [5.74, 6) is -1.17. The quantitative estimate of drug-likeness (QED) is 0.637. The maximum absolute atomic E-state index is 13.6. The van der Waals surface area contributed by atoms with Crippen LogP contribution in [0.2, 0.25) is 0 Å². The number of halogens is 3. The van der Waals surface area contributed by atoms with Crippen LogP contribution in [-0.2, 0) is 22.2 Å². The SMILES string of the molecule is CCC(CC)C(CNC(=O)CC(O)(c1nccn1C)C(F)(F)F)N1CCOCC1. The number of amides is 1. The predicted molar refractivity (Wildman–Crippen MR) is 101 cm³/mol. The first-order chi connectivity index (χ1) is 13.6. The highest BCUT2D eigenvalue weighted by atomic mass is 19.4. The van der Waals surface area contributed by atoms with Crippen LogP contribution in [0.5, 0.6) is 0 Å². The number of aliphatic hydroxyl groups is 1. The first kappa shape index (κ1) is 23.6. The summed E-state index contributed by atoms with van der Waals surface area (Å²) in [4.78, 5) is 18.3. The Morgan fingerprint density at radius 1 is 1.31 bits per heavy atom. The van der Waals surface area contributed by atoms with Crippen LogP contribution in [-0.4, -0.2) is 70.5 Å². The zero-order valence-electron chi connectivity index (χ0n) is 17.2. The molecule has 0 saturated carbocycles. The fourth-order valence-corrected chi connectivity index (χ4v) is 3.92. The highest BCUT2D eigenvalue weighted by Gasteiger charge is 2.58. The number of aromatic nitrogens is 2. The van der Waals surface area contributed by atoms with Crippen LogP contribution in [0.4, 0.5) is 13.2 Å². The molecule has 29 heavy (non-hydrogen) atoms. The second kappa shape index (κ2) is 9.90. The molecular formula is C19H31F3N4O3. The van der Waals surface area contributed by atoms with Crippen LogP contribution < -0.4 is 5.32 Å². The third kappa shape index (κ3) is 5.49. The van der Waals surface area contributed by atoms with Gasteiger partial charge in [0.15, 0.2) is 5.82 Å². The minimum atomic E-state index is -5.04. The maximum Gasteiger partial charge on any atom is 0.425 e. The van der Waals surface area contributed by atoms with Crippen LogP contribution in [0, 0.1) is 5.92 Å². The number of rotatable bonds is 9. The molecule has 1 saturated heterocycles. The summed E-state index contributed by atoms with van der Waals surface area (Å²) in [5.41, 5.74) is -3.35. The summed E-state index contributed by atoms with van der Waals surface area (Å²) in [7, 11) is 1.35. The Morgan fingerprint density at radius 2 is 1.93 bits per heavy atom. The Hall–Kier alpha value is -1.65. The van der Waals surface area contributed by atoms with Crippen molar-refractivity contribution in [2.24, 2.45) is 13.0 Å². The second-order valence-electron chi connectivity index (χ2n) is 7.49. The molecule has 2 heterocycles. The van der Waals surface area contributed by atoms with Gasteiger partial charge in [-0.3, -0.25) is 9.69 Å². The summed E-state index contributed by atoms with van der Waals surface area (Å²) in [5, 5.41) is 13.0. The zero-order chi connectivity index (χ0) is 21.7. The number of nitrogens with zero attached hydrogens (tertiary/aromatic N) is 3. The van der Waals surface area contributed by atoms with Gasteiger partial charge in [-0.2, -0.15) is 13.2 Å². The van der Waals surface area contributed by atoms with Crippen molar-refractivity contribution in [3.8, 4) is 0 Å². The van der Waals surface area contributed by atoms with Gasteiger partial charge in [-0.1, -0.05) is 26.7 Å². The van der Waals surface area contributed by atoms with Crippen LogP contribution in [0.15, 0.2) is 12.4 Å². The Labute approximate surface area is 169 Å². The van der Waals surface area contributed by atoms with Crippen LogP contribution >= 0.6 is 0 Å². The van der Waals surface area contributed by atoms with Gasteiger partial charge in [-0.05, 0) is 5.92 Å². The number of carbonyl (C=O) groups excluding carboxylic acids is 1. The van der Waals surface area contributed by atoms with Crippen molar-refractivity contribution in [3.05, 3.63) is 18.2 Å². The molecule has 0 bridgehead atoms. The van der Waals surface area contributed by atoms with Crippen molar-refractivity contribution in [2.45, 2.75) is 50.9 Å². The number of imidazole rings is 1. The standard InChI is InChI=1S/C19H31F3N4O3/c1-4-14(5-2)15(26-8-10-29-11-9-26)13-24-16(27)12-18(28,19(20,21)22)17-23-6-7-25(17)3/h6-7,14-15,28H,4-5,8-13H2,1-3H3,(H,24,27). The first-order valence-electron chi connectivity index (χ1n) is 9.99. The van der Waals surface area contributed by atoms with E-state index in [4.69, 9.17) is 4.74 Å². The molecule has 0 aromatic carbocycles. The molecule has 0 aliphatic carbocycles. The minimum absolute atomic E-state index is 0.00462. The molecule has 2 atom stereocenters. The molecule has 7 nitrogen and oxygen atoms in total. The fourth-order valence-electron chi connectivity index (χ4n) is 3.92. The van der Waals surface area contributed by atoms with Gasteiger partial charge in [0.2, 0.25) is 11.5 Å². The van der Waals surface area contributed by atoms with Gasteiger partial charge in [0.05, 0.1) is 19.6 Å². The lowest BCUT2D eigenvalue weighted by atomic mass is 9.92. The Bertz CT molecular complexity index is 657. The number of carbonyl (C=O) groups is 1. The highest BCUT2D eigenvalue weighted by Crippen LogP contribution is 2.40. The topological polar surface area (TPSA) is 79.6 Å². The molecule has 10 heteroatoms. The average molecular weight is 420 g/mol. The van der Waals surface area contributed by atoms with Crippen LogP contribution in [0.3, 0.4) is 0 Å². The molecular weight excluding hydrogens is 389 g/mol. The van der Waals surface area contributed by atoms with Gasteiger partial charge in [0, 0.05) is 45.1 Å². The van der Waals surface area contributed by atoms with E-state index in [1.807, 2.05) is 0 Å². The molecule has 0 spiro atoms. The van der Waals surface area contributed by atoms with Crippen molar-refractivity contribution < 1.29 is 27.8 Å². The van der Waals surface area contributed by atoms with Crippen molar-refractivity contribution in [2.75, 3.05) is 32.8 Å². The Morgan fingerprint density at radius 3 is 2.41 bits per heavy atom. The van der Waals surface area contributed by atoms with Crippen molar-refractivity contribution >= 4 is 5.91 Å². The monoisotopic (exact) mass is 420 g/mol. The molecule has 166 valence electrons. The van der Waals surface area contributed by atoms with E-state index in [9.17, 15) is 23.1 Å². The summed E-state index contributed by atoms with van der Waals surface area (Å²) in [6, 6.07) is 0.00462. The summed E-state index contributed by atoms with van der Waals surface area (Å²) in [6.07, 6.45) is -1.93. The number of morpholine rings is 1. The Kier molecular flexibility index (Phi) is 8.07.